The highest BCUT2D eigenvalue weighted by Crippen LogP contribution is 2.15. The summed E-state index contributed by atoms with van der Waals surface area (Å²) in [6.07, 6.45) is 0. The first-order valence-corrected chi connectivity index (χ1v) is 9.56. The fourth-order valence-corrected chi connectivity index (χ4v) is 3.52. The van der Waals surface area contributed by atoms with Gasteiger partial charge in [0.15, 0.2) is 0 Å². The van der Waals surface area contributed by atoms with E-state index in [0.29, 0.717) is 24.4 Å². The Morgan fingerprint density at radius 1 is 1.19 bits per heavy atom. The smallest absolute Gasteiger partial charge is 0.337 e. The molecular weight excluding hydrogens is 368 g/mol. The Labute approximate surface area is 164 Å². The molecule has 0 radical (unpaired) electrons. The average Bonchev–Trinajstić information content (AvgIpc) is 2.64. The Morgan fingerprint density at radius 3 is 2.56 bits per heavy atom. The van der Waals surface area contributed by atoms with E-state index in [9.17, 15) is 9.59 Å². The summed E-state index contributed by atoms with van der Waals surface area (Å²) in [6, 6.07) is 7.65. The topological polar surface area (TPSA) is 73.9 Å². The fourth-order valence-electron chi connectivity index (χ4n) is 3.30. The molecule has 2 amide bonds. The minimum Gasteiger partial charge on any atom is -0.463 e. The number of amides is 2. The number of hydrogen-bond acceptors (Lipinski definition) is 5. The first kappa shape index (κ1) is 19.7. The summed E-state index contributed by atoms with van der Waals surface area (Å²) in [5, 5.41) is 6.16. The maximum Gasteiger partial charge on any atom is 0.337 e. The molecule has 0 bridgehead atoms. The van der Waals surface area contributed by atoms with Crippen LogP contribution >= 0.6 is 11.6 Å². The van der Waals surface area contributed by atoms with E-state index in [0.717, 1.165) is 37.7 Å². The molecule has 0 saturated carbocycles. The molecule has 2 aliphatic rings. The third-order valence-electron chi connectivity index (χ3n) is 4.72. The van der Waals surface area contributed by atoms with Crippen LogP contribution in [0.15, 0.2) is 35.5 Å². The Kier molecular flexibility index (Phi) is 6.71. The van der Waals surface area contributed by atoms with Crippen LogP contribution in [-0.2, 0) is 16.1 Å². The molecule has 1 saturated heterocycles. The van der Waals surface area contributed by atoms with Crippen LogP contribution in [0.25, 0.3) is 0 Å². The van der Waals surface area contributed by atoms with Crippen LogP contribution in [-0.4, -0.2) is 67.7 Å². The summed E-state index contributed by atoms with van der Waals surface area (Å²) in [5.74, 6) is -0.375. The lowest BCUT2D eigenvalue weighted by atomic mass is 10.1. The van der Waals surface area contributed by atoms with Crippen molar-refractivity contribution >= 4 is 23.6 Å². The van der Waals surface area contributed by atoms with E-state index in [1.54, 1.807) is 6.92 Å². The Balaban J connectivity index is 1.57. The summed E-state index contributed by atoms with van der Waals surface area (Å²) in [7, 11) is 0. The normalized spacial score (nSPS) is 18.8. The van der Waals surface area contributed by atoms with Crippen LogP contribution < -0.4 is 10.6 Å². The molecule has 0 aromatic heterocycles. The molecule has 0 spiro atoms. The Hall–Kier alpha value is -2.09. The lowest BCUT2D eigenvalue weighted by Gasteiger charge is -2.36. The van der Waals surface area contributed by atoms with Crippen molar-refractivity contribution in [2.24, 2.45) is 0 Å². The minimum absolute atomic E-state index is 0.203. The molecule has 2 heterocycles. The van der Waals surface area contributed by atoms with Crippen molar-refractivity contribution in [3.05, 3.63) is 46.1 Å². The van der Waals surface area contributed by atoms with Crippen molar-refractivity contribution in [2.75, 3.05) is 45.9 Å². The number of halogens is 1. The number of nitrogens with one attached hydrogen (secondary N) is 2. The van der Waals surface area contributed by atoms with Gasteiger partial charge in [-0.2, -0.15) is 0 Å². The zero-order chi connectivity index (χ0) is 19.2. The number of benzene rings is 1. The molecule has 3 rings (SSSR count). The molecule has 0 aliphatic carbocycles. The average molecular weight is 393 g/mol. The summed E-state index contributed by atoms with van der Waals surface area (Å²) in [4.78, 5) is 28.4. The molecule has 2 aliphatic heterocycles. The van der Waals surface area contributed by atoms with E-state index in [1.807, 2.05) is 18.2 Å². The number of esters is 1. The van der Waals surface area contributed by atoms with E-state index in [2.05, 4.69) is 26.5 Å². The van der Waals surface area contributed by atoms with Crippen LogP contribution in [0.1, 0.15) is 12.5 Å². The van der Waals surface area contributed by atoms with E-state index in [-0.39, 0.29) is 18.5 Å². The zero-order valence-electron chi connectivity index (χ0n) is 15.5. The van der Waals surface area contributed by atoms with E-state index in [4.69, 9.17) is 16.3 Å². The number of hydrogen-bond donors (Lipinski definition) is 2. The summed E-state index contributed by atoms with van der Waals surface area (Å²) >= 11 is 6.06. The van der Waals surface area contributed by atoms with Gasteiger partial charge >= 0.3 is 12.0 Å². The van der Waals surface area contributed by atoms with Crippen molar-refractivity contribution in [2.45, 2.75) is 13.5 Å². The van der Waals surface area contributed by atoms with Crippen molar-refractivity contribution in [3.8, 4) is 0 Å². The number of rotatable bonds is 6. The first-order chi connectivity index (χ1) is 13.0. The first-order valence-electron chi connectivity index (χ1n) is 9.18. The van der Waals surface area contributed by atoms with E-state index in [1.165, 1.54) is 5.56 Å². The van der Waals surface area contributed by atoms with Crippen molar-refractivity contribution < 1.29 is 14.3 Å². The predicted octanol–water partition coefficient (Wildman–Crippen LogP) is 1.59. The lowest BCUT2D eigenvalue weighted by Crippen LogP contribution is -2.50. The fraction of sp³-hybridized carbons (Fsp3) is 0.474. The number of carbonyl (C=O) groups is 2. The van der Waals surface area contributed by atoms with Gasteiger partial charge < -0.3 is 15.4 Å². The van der Waals surface area contributed by atoms with E-state index < -0.39 is 0 Å². The van der Waals surface area contributed by atoms with Crippen LogP contribution in [0.4, 0.5) is 4.79 Å². The van der Waals surface area contributed by atoms with Crippen molar-refractivity contribution in [3.63, 3.8) is 0 Å². The number of carbonyl (C=O) groups excluding carboxylic acids is 2. The van der Waals surface area contributed by atoms with Gasteiger partial charge in [-0.15, -0.1) is 0 Å². The Bertz CT molecular complexity index is 729. The van der Waals surface area contributed by atoms with Gasteiger partial charge in [0.1, 0.15) is 0 Å². The van der Waals surface area contributed by atoms with Gasteiger partial charge in [0.05, 0.1) is 18.7 Å². The molecule has 1 fully saturated rings. The molecule has 0 atom stereocenters. The van der Waals surface area contributed by atoms with Gasteiger partial charge in [0.25, 0.3) is 0 Å². The second kappa shape index (κ2) is 9.21. The molecule has 1 aromatic rings. The van der Waals surface area contributed by atoms with Crippen LogP contribution in [0, 0.1) is 0 Å². The third-order valence-corrected chi connectivity index (χ3v) is 4.95. The van der Waals surface area contributed by atoms with Gasteiger partial charge in [-0.05, 0) is 24.6 Å². The second-order valence-electron chi connectivity index (χ2n) is 6.67. The maximum absolute atomic E-state index is 12.1. The van der Waals surface area contributed by atoms with Crippen LogP contribution in [0.5, 0.6) is 0 Å². The summed E-state index contributed by atoms with van der Waals surface area (Å²) < 4.78 is 5.10. The zero-order valence-corrected chi connectivity index (χ0v) is 16.2. The van der Waals surface area contributed by atoms with E-state index >= 15 is 0 Å². The molecule has 146 valence electrons. The van der Waals surface area contributed by atoms with Gasteiger partial charge in [0, 0.05) is 50.0 Å². The highest BCUT2D eigenvalue weighted by atomic mass is 35.5. The lowest BCUT2D eigenvalue weighted by molar-refractivity contribution is -0.138. The standard InChI is InChI=1S/C19H25ClN4O3/c1-2-27-18(25)16-11-21-19(26)22-17(16)13-24-8-6-23(7-9-24)12-14-4-3-5-15(20)10-14/h3-5,10H,2,6-9,11-13H2,1H3,(H2,21,22,26). The number of ether oxygens (including phenoxy) is 1. The third kappa shape index (κ3) is 5.45. The molecule has 1 aromatic carbocycles. The summed E-state index contributed by atoms with van der Waals surface area (Å²) in [5.41, 5.74) is 2.34. The van der Waals surface area contributed by atoms with Gasteiger partial charge in [0.2, 0.25) is 0 Å². The van der Waals surface area contributed by atoms with Gasteiger partial charge in [-0.1, -0.05) is 23.7 Å². The van der Waals surface area contributed by atoms with Crippen LogP contribution in [0.2, 0.25) is 5.02 Å². The molecule has 2 N–H and O–H groups in total. The molecule has 0 unspecified atom stereocenters. The second-order valence-corrected chi connectivity index (χ2v) is 7.10. The monoisotopic (exact) mass is 392 g/mol. The SMILES string of the molecule is CCOC(=O)C1=C(CN2CCN(Cc3cccc(Cl)c3)CC2)NC(=O)NC1. The minimum atomic E-state index is -0.375. The summed E-state index contributed by atoms with van der Waals surface area (Å²) in [6.45, 7) is 7.25. The Morgan fingerprint density at radius 2 is 1.89 bits per heavy atom. The van der Waals surface area contributed by atoms with Gasteiger partial charge in [-0.3, -0.25) is 9.80 Å². The number of nitrogens with zero attached hydrogens (tertiary/aromatic N) is 2. The predicted molar refractivity (Wildman–Crippen MR) is 103 cm³/mol. The number of piperazine rings is 1. The van der Waals surface area contributed by atoms with Crippen molar-refractivity contribution in [1.29, 1.82) is 0 Å². The van der Waals surface area contributed by atoms with Crippen molar-refractivity contribution in [1.82, 2.24) is 20.4 Å². The quantitative estimate of drug-likeness (QED) is 0.719. The van der Waals surface area contributed by atoms with Gasteiger partial charge in [-0.25, -0.2) is 9.59 Å². The highest BCUT2D eigenvalue weighted by Gasteiger charge is 2.26. The molecular formula is C19H25ClN4O3. The molecule has 8 heteroatoms. The van der Waals surface area contributed by atoms with Crippen LogP contribution in [0.3, 0.4) is 0 Å². The number of urea groups is 1. The maximum atomic E-state index is 12.1. The highest BCUT2D eigenvalue weighted by molar-refractivity contribution is 6.30. The molecule has 27 heavy (non-hydrogen) atoms. The molecule has 7 nitrogen and oxygen atoms in total. The largest absolute Gasteiger partial charge is 0.463 e.